The molecule has 11 aromatic rings. The van der Waals surface area contributed by atoms with Gasteiger partial charge in [0.15, 0.2) is 0 Å². The van der Waals surface area contributed by atoms with E-state index in [1.807, 2.05) is 24.4 Å². The number of hydrogen-bond donors (Lipinski definition) is 0. The third kappa shape index (κ3) is 5.81. The van der Waals surface area contributed by atoms with Crippen LogP contribution in [0.25, 0.3) is 94.4 Å². The number of benzene rings is 7. The molecule has 0 spiro atoms. The maximum atomic E-state index is 6.62. The first-order valence-corrected chi connectivity index (χ1v) is 20.2. The molecular weight excluding hydrogens is 932 g/mol. The van der Waals surface area contributed by atoms with Crippen molar-refractivity contribution in [3.05, 3.63) is 188 Å². The van der Waals surface area contributed by atoms with Crippen molar-refractivity contribution in [2.45, 2.75) is 26.2 Å². The maximum absolute atomic E-state index is 6.62. The number of pyridine rings is 1. The molecule has 61 heavy (non-hydrogen) atoms. The SMILES string of the molecule is CC(C)(C)c1ccnc(-n2c3[c-]c(Oc4[c-]c5c(-n6[c-][n+]7c8c(cccc86)-c6ccccc6-c6ccccc6-c6ccccc6-7)coc5cc4)ccc3c3ccccc32)c1.[Pt]. The maximum Gasteiger partial charge on any atom is 0.269 e. The number of fused-ring (bicyclic) bond motifs is 11. The molecule has 1 aliphatic rings. The predicted molar refractivity (Wildman–Crippen MR) is 238 cm³/mol. The van der Waals surface area contributed by atoms with Crippen molar-refractivity contribution in [3.63, 3.8) is 0 Å². The summed E-state index contributed by atoms with van der Waals surface area (Å²) >= 11 is 0. The van der Waals surface area contributed by atoms with Gasteiger partial charge in [0.1, 0.15) is 5.82 Å². The molecule has 0 unspecified atom stereocenters. The predicted octanol–water partition coefficient (Wildman–Crippen LogP) is 12.9. The van der Waals surface area contributed by atoms with Gasteiger partial charge < -0.3 is 13.7 Å². The Bertz CT molecular complexity index is 3530. The van der Waals surface area contributed by atoms with Gasteiger partial charge in [-0.25, -0.2) is 4.98 Å². The molecule has 1 aliphatic heterocycles. The quantitative estimate of drug-likeness (QED) is 0.130. The fourth-order valence-corrected chi connectivity index (χ4v) is 8.98. The number of rotatable bonds is 4. The molecule has 12 rings (SSSR count). The third-order valence-electron chi connectivity index (χ3n) is 11.8. The van der Waals surface area contributed by atoms with E-state index >= 15 is 0 Å². The van der Waals surface area contributed by atoms with Gasteiger partial charge in [0.05, 0.1) is 28.7 Å². The van der Waals surface area contributed by atoms with Gasteiger partial charge in [0, 0.05) is 49.9 Å². The summed E-state index contributed by atoms with van der Waals surface area (Å²) < 4.78 is 19.3. The first-order valence-electron chi connectivity index (χ1n) is 20.2. The number of ether oxygens (including phenoxy) is 1. The molecule has 0 atom stereocenters. The van der Waals surface area contributed by atoms with Crippen molar-refractivity contribution < 1.29 is 34.8 Å². The molecular formula is C54H36N4O2Pt-2. The number of nitrogens with zero attached hydrogens (tertiary/aromatic N) is 4. The van der Waals surface area contributed by atoms with Crippen LogP contribution in [0.3, 0.4) is 0 Å². The van der Waals surface area contributed by atoms with Crippen molar-refractivity contribution in [3.8, 4) is 62.1 Å². The van der Waals surface area contributed by atoms with E-state index in [2.05, 4.69) is 186 Å². The van der Waals surface area contributed by atoms with Gasteiger partial charge in [0.25, 0.3) is 6.33 Å². The van der Waals surface area contributed by atoms with Crippen LogP contribution in [0.4, 0.5) is 0 Å². The topological polar surface area (TPSA) is 49.0 Å². The molecule has 7 aromatic carbocycles. The van der Waals surface area contributed by atoms with Crippen LogP contribution < -0.4 is 9.30 Å². The van der Waals surface area contributed by atoms with Crippen LogP contribution in [0.1, 0.15) is 26.3 Å². The van der Waals surface area contributed by atoms with Crippen molar-refractivity contribution in [1.82, 2.24) is 14.1 Å². The molecule has 6 nitrogen and oxygen atoms in total. The molecule has 4 aromatic heterocycles. The van der Waals surface area contributed by atoms with E-state index in [-0.39, 0.29) is 26.5 Å². The Morgan fingerprint density at radius 2 is 1.26 bits per heavy atom. The average molecular weight is 968 g/mol. The zero-order valence-electron chi connectivity index (χ0n) is 33.5. The van der Waals surface area contributed by atoms with E-state index in [0.29, 0.717) is 17.1 Å². The van der Waals surface area contributed by atoms with E-state index in [0.717, 1.165) is 72.1 Å². The normalized spacial score (nSPS) is 12.0. The van der Waals surface area contributed by atoms with Crippen molar-refractivity contribution in [2.75, 3.05) is 0 Å². The molecule has 0 saturated carbocycles. The Kier molecular flexibility index (Phi) is 8.52. The minimum Gasteiger partial charge on any atom is -0.512 e. The fourth-order valence-electron chi connectivity index (χ4n) is 8.98. The van der Waals surface area contributed by atoms with Gasteiger partial charge in [-0.2, -0.15) is 6.07 Å². The molecule has 5 heterocycles. The minimum absolute atomic E-state index is 0. The Morgan fingerprint density at radius 3 is 2.05 bits per heavy atom. The van der Waals surface area contributed by atoms with E-state index in [4.69, 9.17) is 14.1 Å². The first-order chi connectivity index (χ1) is 29.4. The second kappa shape index (κ2) is 14.0. The van der Waals surface area contributed by atoms with Crippen molar-refractivity contribution in [2.24, 2.45) is 0 Å². The number of imidazole rings is 1. The standard InChI is InChI=1S/C54H36N4O2.Pt/c1-54(2,3)34-27-28-55-52(29-34)58-47-21-11-9-18-42(47)43-25-23-36(31-49(43)58)60-35-24-26-51-45(30-35)50(32-59-51)56-33-57-46-20-10-8-17-41(46)39-15-6-4-13-37(39)38-14-5-7-16-40(38)44-19-12-22-48(56)53(44)57;/h4-29,32H,1-3H3;/q-2;. The summed E-state index contributed by atoms with van der Waals surface area (Å²) in [5, 5.41) is 2.99. The summed E-state index contributed by atoms with van der Waals surface area (Å²) in [6.07, 6.45) is 7.45. The second-order valence-electron chi connectivity index (χ2n) is 16.4. The van der Waals surface area contributed by atoms with E-state index in [9.17, 15) is 0 Å². The summed E-state index contributed by atoms with van der Waals surface area (Å²) in [4.78, 5) is 4.84. The summed E-state index contributed by atoms with van der Waals surface area (Å²) in [6, 6.07) is 60.2. The van der Waals surface area contributed by atoms with Gasteiger partial charge in [-0.1, -0.05) is 148 Å². The molecule has 0 saturated heterocycles. The Balaban J connectivity index is 0.00000420. The van der Waals surface area contributed by atoms with Gasteiger partial charge in [-0.3, -0.25) is 9.13 Å². The zero-order chi connectivity index (χ0) is 40.1. The van der Waals surface area contributed by atoms with Crippen LogP contribution in [0, 0.1) is 18.5 Å². The van der Waals surface area contributed by atoms with E-state index in [1.54, 1.807) is 6.26 Å². The van der Waals surface area contributed by atoms with Crippen LogP contribution in [-0.2, 0) is 26.5 Å². The molecule has 0 N–H and O–H groups in total. The average Bonchev–Trinajstić information content (AvgIpc) is 3.98. The van der Waals surface area contributed by atoms with E-state index < -0.39 is 0 Å². The minimum atomic E-state index is -0.0294. The number of aromatic nitrogens is 4. The summed E-state index contributed by atoms with van der Waals surface area (Å²) in [6.45, 7) is 6.66. The fraction of sp³-hybridized carbons (Fsp3) is 0.0741. The molecule has 0 radical (unpaired) electrons. The van der Waals surface area contributed by atoms with Crippen LogP contribution in [0.5, 0.6) is 11.5 Å². The van der Waals surface area contributed by atoms with Gasteiger partial charge in [-0.15, -0.1) is 17.5 Å². The van der Waals surface area contributed by atoms with Gasteiger partial charge >= 0.3 is 0 Å². The molecule has 0 amide bonds. The zero-order valence-corrected chi connectivity index (χ0v) is 35.8. The number of para-hydroxylation sites is 3. The first kappa shape index (κ1) is 37.0. The van der Waals surface area contributed by atoms with Gasteiger partial charge in [-0.05, 0) is 79.4 Å². The molecule has 0 bridgehead atoms. The van der Waals surface area contributed by atoms with Crippen LogP contribution >= 0.6 is 0 Å². The molecule has 7 heteroatoms. The number of furan rings is 1. The molecule has 0 fully saturated rings. The second-order valence-corrected chi connectivity index (χ2v) is 16.4. The number of hydrogen-bond acceptors (Lipinski definition) is 3. The van der Waals surface area contributed by atoms with Crippen molar-refractivity contribution >= 4 is 43.8 Å². The van der Waals surface area contributed by atoms with Crippen LogP contribution in [0.2, 0.25) is 0 Å². The third-order valence-corrected chi connectivity index (χ3v) is 11.8. The Morgan fingerprint density at radius 1 is 0.623 bits per heavy atom. The smallest absolute Gasteiger partial charge is 0.269 e. The Labute approximate surface area is 367 Å². The van der Waals surface area contributed by atoms with Crippen LogP contribution in [0.15, 0.2) is 169 Å². The summed E-state index contributed by atoms with van der Waals surface area (Å²) in [5.41, 5.74) is 14.7. The largest absolute Gasteiger partial charge is 0.512 e. The molecule has 296 valence electrons. The summed E-state index contributed by atoms with van der Waals surface area (Å²) in [5.74, 6) is 1.96. The Hall–Kier alpha value is -7.01. The molecule has 0 aliphatic carbocycles. The van der Waals surface area contributed by atoms with Crippen molar-refractivity contribution in [1.29, 1.82) is 0 Å². The van der Waals surface area contributed by atoms with Gasteiger partial charge in [0.2, 0.25) is 0 Å². The monoisotopic (exact) mass is 967 g/mol. The van der Waals surface area contributed by atoms with E-state index in [1.165, 1.54) is 22.3 Å². The van der Waals surface area contributed by atoms with Crippen LogP contribution in [-0.4, -0.2) is 14.1 Å². The summed E-state index contributed by atoms with van der Waals surface area (Å²) in [7, 11) is 0.